The third-order valence-corrected chi connectivity index (χ3v) is 2.94. The molecule has 1 heterocycles. The van der Waals surface area contributed by atoms with E-state index in [1.165, 1.54) is 0 Å². The number of hydrogen-bond acceptors (Lipinski definition) is 3. The van der Waals surface area contributed by atoms with Gasteiger partial charge in [0.2, 0.25) is 0 Å². The maximum Gasteiger partial charge on any atom is 0.0594 e. The highest BCUT2D eigenvalue weighted by molar-refractivity contribution is 4.78. The third-order valence-electron chi connectivity index (χ3n) is 2.94. The number of nitrogens with zero attached hydrogens (tertiary/aromatic N) is 1. The smallest absolute Gasteiger partial charge is 0.0594 e. The van der Waals surface area contributed by atoms with Gasteiger partial charge in [-0.2, -0.15) is 0 Å². The van der Waals surface area contributed by atoms with E-state index in [-0.39, 0.29) is 12.0 Å². The first-order valence-electron chi connectivity index (χ1n) is 5.61. The molecule has 84 valence electrons. The highest BCUT2D eigenvalue weighted by Gasteiger charge is 2.26. The van der Waals surface area contributed by atoms with Gasteiger partial charge in [-0.05, 0) is 6.42 Å². The quantitative estimate of drug-likeness (QED) is 0.723. The Morgan fingerprint density at radius 1 is 1.36 bits per heavy atom. The molecule has 3 heteroatoms. The number of ether oxygens (including phenoxy) is 1. The largest absolute Gasteiger partial charge is 0.396 e. The van der Waals surface area contributed by atoms with Crippen molar-refractivity contribution < 1.29 is 9.84 Å². The molecule has 0 radical (unpaired) electrons. The molecule has 1 fully saturated rings. The molecule has 0 spiro atoms. The van der Waals surface area contributed by atoms with Crippen LogP contribution in [-0.2, 0) is 4.74 Å². The van der Waals surface area contributed by atoms with Crippen molar-refractivity contribution in [3.63, 3.8) is 0 Å². The lowest BCUT2D eigenvalue weighted by atomic mass is 9.86. The van der Waals surface area contributed by atoms with Crippen molar-refractivity contribution in [1.82, 2.24) is 4.90 Å². The molecule has 0 aromatic carbocycles. The minimum atomic E-state index is 0.0755. The molecule has 14 heavy (non-hydrogen) atoms. The van der Waals surface area contributed by atoms with Gasteiger partial charge in [0.1, 0.15) is 0 Å². The van der Waals surface area contributed by atoms with Crippen LogP contribution in [0.15, 0.2) is 0 Å². The van der Waals surface area contributed by atoms with Crippen LogP contribution in [0, 0.1) is 5.41 Å². The maximum atomic E-state index is 9.39. The van der Waals surface area contributed by atoms with Gasteiger partial charge in [-0.1, -0.05) is 20.3 Å². The van der Waals surface area contributed by atoms with E-state index in [1.807, 2.05) is 0 Å². The average Bonchev–Trinajstić information content (AvgIpc) is 2.20. The van der Waals surface area contributed by atoms with Crippen LogP contribution in [-0.4, -0.2) is 49.5 Å². The van der Waals surface area contributed by atoms with E-state index >= 15 is 0 Å². The first-order chi connectivity index (χ1) is 6.70. The van der Waals surface area contributed by atoms with Gasteiger partial charge in [-0.15, -0.1) is 0 Å². The molecule has 1 saturated heterocycles. The van der Waals surface area contributed by atoms with Crippen LogP contribution in [0.5, 0.6) is 0 Å². The molecule has 1 rings (SSSR count). The zero-order valence-corrected chi connectivity index (χ0v) is 9.46. The highest BCUT2D eigenvalue weighted by Crippen LogP contribution is 2.24. The molecule has 1 aliphatic rings. The Morgan fingerprint density at radius 2 is 2.00 bits per heavy atom. The summed E-state index contributed by atoms with van der Waals surface area (Å²) in [6.45, 7) is 9.35. The average molecular weight is 201 g/mol. The molecule has 0 aromatic heterocycles. The summed E-state index contributed by atoms with van der Waals surface area (Å²) >= 11 is 0. The summed E-state index contributed by atoms with van der Waals surface area (Å²) in [5.41, 5.74) is 0.0755. The van der Waals surface area contributed by atoms with Crippen LogP contribution in [0.4, 0.5) is 0 Å². The van der Waals surface area contributed by atoms with Gasteiger partial charge in [0, 0.05) is 31.7 Å². The molecular weight excluding hydrogens is 178 g/mol. The van der Waals surface area contributed by atoms with E-state index in [0.717, 1.165) is 45.7 Å². The van der Waals surface area contributed by atoms with E-state index in [2.05, 4.69) is 18.7 Å². The summed E-state index contributed by atoms with van der Waals surface area (Å²) in [7, 11) is 0. The SMILES string of the molecule is CCCC(C)(CO)CN1CCOCC1. The predicted octanol–water partition coefficient (Wildman–Crippen LogP) is 1.12. The summed E-state index contributed by atoms with van der Waals surface area (Å²) in [5, 5.41) is 9.39. The fraction of sp³-hybridized carbons (Fsp3) is 1.00. The lowest BCUT2D eigenvalue weighted by Gasteiger charge is -2.36. The van der Waals surface area contributed by atoms with Crippen molar-refractivity contribution in [3.8, 4) is 0 Å². The second-order valence-electron chi connectivity index (χ2n) is 4.61. The fourth-order valence-electron chi connectivity index (χ4n) is 2.11. The minimum absolute atomic E-state index is 0.0755. The number of morpholine rings is 1. The van der Waals surface area contributed by atoms with Gasteiger partial charge in [0.25, 0.3) is 0 Å². The standard InChI is InChI=1S/C11H23NO2/c1-3-4-11(2,10-13)9-12-5-7-14-8-6-12/h13H,3-10H2,1-2H3. The summed E-state index contributed by atoms with van der Waals surface area (Å²) in [5.74, 6) is 0. The van der Waals surface area contributed by atoms with Gasteiger partial charge >= 0.3 is 0 Å². The van der Waals surface area contributed by atoms with Crippen LogP contribution in [0.1, 0.15) is 26.7 Å². The first-order valence-corrected chi connectivity index (χ1v) is 5.61. The summed E-state index contributed by atoms with van der Waals surface area (Å²) < 4.78 is 5.30. The Morgan fingerprint density at radius 3 is 2.50 bits per heavy atom. The summed E-state index contributed by atoms with van der Waals surface area (Å²) in [4.78, 5) is 2.40. The maximum absolute atomic E-state index is 9.39. The Kier molecular flexibility index (Phi) is 4.85. The minimum Gasteiger partial charge on any atom is -0.396 e. The Labute approximate surface area is 87.1 Å². The molecule has 3 nitrogen and oxygen atoms in total. The van der Waals surface area contributed by atoms with Crippen molar-refractivity contribution in [2.24, 2.45) is 5.41 Å². The fourth-order valence-corrected chi connectivity index (χ4v) is 2.11. The van der Waals surface area contributed by atoms with Crippen LogP contribution in [0.3, 0.4) is 0 Å². The molecule has 0 aromatic rings. The zero-order valence-electron chi connectivity index (χ0n) is 9.46. The second kappa shape index (κ2) is 5.69. The third kappa shape index (κ3) is 3.56. The molecule has 1 unspecified atom stereocenters. The van der Waals surface area contributed by atoms with Crippen molar-refractivity contribution in [1.29, 1.82) is 0 Å². The lowest BCUT2D eigenvalue weighted by molar-refractivity contribution is 0.00385. The Balaban J connectivity index is 2.37. The normalized spacial score (nSPS) is 23.4. The van der Waals surface area contributed by atoms with Crippen molar-refractivity contribution >= 4 is 0 Å². The first kappa shape index (κ1) is 12.0. The monoisotopic (exact) mass is 201 g/mol. The van der Waals surface area contributed by atoms with E-state index < -0.39 is 0 Å². The number of aliphatic hydroxyl groups is 1. The lowest BCUT2D eigenvalue weighted by Crippen LogP contribution is -2.44. The van der Waals surface area contributed by atoms with E-state index in [4.69, 9.17) is 4.74 Å². The van der Waals surface area contributed by atoms with Crippen LogP contribution in [0.2, 0.25) is 0 Å². The second-order valence-corrected chi connectivity index (χ2v) is 4.61. The molecule has 1 atom stereocenters. The van der Waals surface area contributed by atoms with E-state index in [1.54, 1.807) is 0 Å². The van der Waals surface area contributed by atoms with Gasteiger partial charge in [0.05, 0.1) is 13.2 Å². The van der Waals surface area contributed by atoms with E-state index in [0.29, 0.717) is 0 Å². The number of hydrogen-bond donors (Lipinski definition) is 1. The topological polar surface area (TPSA) is 32.7 Å². The predicted molar refractivity (Wildman–Crippen MR) is 57.4 cm³/mol. The van der Waals surface area contributed by atoms with Gasteiger partial charge < -0.3 is 9.84 Å². The summed E-state index contributed by atoms with van der Waals surface area (Å²) in [6, 6.07) is 0. The molecule has 0 amide bonds. The molecular formula is C11H23NO2. The molecule has 0 aliphatic carbocycles. The van der Waals surface area contributed by atoms with Crippen molar-refractivity contribution in [2.45, 2.75) is 26.7 Å². The van der Waals surface area contributed by atoms with Crippen molar-refractivity contribution in [2.75, 3.05) is 39.5 Å². The highest BCUT2D eigenvalue weighted by atomic mass is 16.5. The van der Waals surface area contributed by atoms with Crippen LogP contribution in [0.25, 0.3) is 0 Å². The zero-order chi connectivity index (χ0) is 10.4. The van der Waals surface area contributed by atoms with Gasteiger partial charge in [-0.3, -0.25) is 4.90 Å². The number of rotatable bonds is 5. The molecule has 1 N–H and O–H groups in total. The van der Waals surface area contributed by atoms with Crippen LogP contribution < -0.4 is 0 Å². The molecule has 0 saturated carbocycles. The number of aliphatic hydroxyl groups excluding tert-OH is 1. The van der Waals surface area contributed by atoms with Crippen LogP contribution >= 0.6 is 0 Å². The summed E-state index contributed by atoms with van der Waals surface area (Å²) in [6.07, 6.45) is 2.24. The van der Waals surface area contributed by atoms with Gasteiger partial charge in [-0.25, -0.2) is 0 Å². The Bertz CT molecular complexity index is 157. The Hall–Kier alpha value is -0.120. The molecule has 1 aliphatic heterocycles. The molecule has 0 bridgehead atoms. The van der Waals surface area contributed by atoms with Gasteiger partial charge in [0.15, 0.2) is 0 Å². The van der Waals surface area contributed by atoms with Crippen molar-refractivity contribution in [3.05, 3.63) is 0 Å². The van der Waals surface area contributed by atoms with E-state index in [9.17, 15) is 5.11 Å².